The number of hydrogen-bond donors (Lipinski definition) is 4. The minimum Gasteiger partial charge on any atom is -0.491 e. The van der Waals surface area contributed by atoms with E-state index < -0.39 is 12.2 Å². The van der Waals surface area contributed by atoms with Gasteiger partial charge in [-0.05, 0) is 35.4 Å². The zero-order chi connectivity index (χ0) is 19.9. The minimum absolute atomic E-state index is 0.0473. The van der Waals surface area contributed by atoms with Gasteiger partial charge in [-0.2, -0.15) is 0 Å². The molecule has 0 aliphatic heterocycles. The van der Waals surface area contributed by atoms with E-state index in [4.69, 9.17) is 19.7 Å². The van der Waals surface area contributed by atoms with Gasteiger partial charge < -0.3 is 29.9 Å². The van der Waals surface area contributed by atoms with E-state index in [9.17, 15) is 10.2 Å². The van der Waals surface area contributed by atoms with Gasteiger partial charge in [-0.3, -0.25) is 0 Å². The van der Waals surface area contributed by atoms with E-state index in [2.05, 4.69) is 13.8 Å². The third-order valence-electron chi connectivity index (χ3n) is 4.46. The third kappa shape index (κ3) is 5.94. The van der Waals surface area contributed by atoms with Crippen molar-refractivity contribution in [3.63, 3.8) is 0 Å². The number of benzene rings is 2. The molecular formula is C21H28O6. The molecular weight excluding hydrogens is 348 g/mol. The first-order valence-electron chi connectivity index (χ1n) is 8.91. The smallest absolute Gasteiger partial charge is 0.119 e. The highest BCUT2D eigenvalue weighted by molar-refractivity contribution is 5.41. The van der Waals surface area contributed by atoms with Crippen LogP contribution in [-0.4, -0.2) is 59.1 Å². The van der Waals surface area contributed by atoms with Crippen molar-refractivity contribution in [1.29, 1.82) is 0 Å². The van der Waals surface area contributed by atoms with Crippen LogP contribution in [0, 0.1) is 0 Å². The SMILES string of the molecule is CC(C)(c1ccc(OC[C@H](O)CO)cc1)c1ccc(OC[C@@H](O)CO)cc1. The first-order valence-corrected chi connectivity index (χ1v) is 8.91. The van der Waals surface area contributed by atoms with Crippen LogP contribution in [0.15, 0.2) is 48.5 Å². The van der Waals surface area contributed by atoms with Gasteiger partial charge in [0.1, 0.15) is 36.9 Å². The third-order valence-corrected chi connectivity index (χ3v) is 4.46. The lowest BCUT2D eigenvalue weighted by Crippen LogP contribution is -2.22. The highest BCUT2D eigenvalue weighted by Crippen LogP contribution is 2.33. The molecule has 0 saturated heterocycles. The summed E-state index contributed by atoms with van der Waals surface area (Å²) in [6.45, 7) is 3.67. The summed E-state index contributed by atoms with van der Waals surface area (Å²) >= 11 is 0. The highest BCUT2D eigenvalue weighted by Gasteiger charge is 2.23. The van der Waals surface area contributed by atoms with Gasteiger partial charge in [0, 0.05) is 5.41 Å². The van der Waals surface area contributed by atoms with Gasteiger partial charge in [0.2, 0.25) is 0 Å². The second kappa shape index (κ2) is 9.71. The normalized spacial score (nSPS) is 13.9. The lowest BCUT2D eigenvalue weighted by Gasteiger charge is -2.26. The van der Waals surface area contributed by atoms with Crippen molar-refractivity contribution in [1.82, 2.24) is 0 Å². The molecule has 0 fully saturated rings. The Labute approximate surface area is 159 Å². The van der Waals surface area contributed by atoms with E-state index in [0.717, 1.165) is 11.1 Å². The molecule has 148 valence electrons. The monoisotopic (exact) mass is 376 g/mol. The minimum atomic E-state index is -0.889. The van der Waals surface area contributed by atoms with Gasteiger partial charge in [-0.1, -0.05) is 38.1 Å². The molecule has 27 heavy (non-hydrogen) atoms. The van der Waals surface area contributed by atoms with Crippen LogP contribution in [0.5, 0.6) is 11.5 Å². The molecule has 0 unspecified atom stereocenters. The van der Waals surface area contributed by atoms with Gasteiger partial charge >= 0.3 is 0 Å². The predicted molar refractivity (Wildman–Crippen MR) is 102 cm³/mol. The Morgan fingerprint density at radius 1 is 0.704 bits per heavy atom. The van der Waals surface area contributed by atoms with Crippen LogP contribution in [0.25, 0.3) is 0 Å². The highest BCUT2D eigenvalue weighted by atomic mass is 16.5. The molecule has 0 bridgehead atoms. The van der Waals surface area contributed by atoms with Crippen LogP contribution >= 0.6 is 0 Å². The van der Waals surface area contributed by atoms with Crippen LogP contribution in [0.4, 0.5) is 0 Å². The van der Waals surface area contributed by atoms with Crippen LogP contribution in [0.2, 0.25) is 0 Å². The number of hydrogen-bond acceptors (Lipinski definition) is 6. The van der Waals surface area contributed by atoms with Crippen molar-refractivity contribution in [3.8, 4) is 11.5 Å². The van der Waals surface area contributed by atoms with Gasteiger partial charge in [0.05, 0.1) is 13.2 Å². The van der Waals surface area contributed by atoms with Crippen molar-refractivity contribution in [2.75, 3.05) is 26.4 Å². The van der Waals surface area contributed by atoms with E-state index in [1.165, 1.54) is 0 Å². The number of ether oxygens (including phenoxy) is 2. The first kappa shape index (κ1) is 21.2. The van der Waals surface area contributed by atoms with E-state index in [1.54, 1.807) is 0 Å². The van der Waals surface area contributed by atoms with Gasteiger partial charge in [-0.25, -0.2) is 0 Å². The quantitative estimate of drug-likeness (QED) is 0.501. The molecule has 2 aromatic rings. The molecule has 2 rings (SSSR count). The molecule has 2 atom stereocenters. The van der Waals surface area contributed by atoms with Gasteiger partial charge in [-0.15, -0.1) is 0 Å². The summed E-state index contributed by atoms with van der Waals surface area (Å²) in [5.74, 6) is 1.27. The molecule has 0 aromatic heterocycles. The molecule has 6 nitrogen and oxygen atoms in total. The molecule has 4 N–H and O–H groups in total. The van der Waals surface area contributed by atoms with Crippen LogP contribution in [0.3, 0.4) is 0 Å². The van der Waals surface area contributed by atoms with E-state index >= 15 is 0 Å². The Bertz CT molecular complexity index is 621. The fourth-order valence-corrected chi connectivity index (χ4v) is 2.59. The zero-order valence-electron chi connectivity index (χ0n) is 15.7. The predicted octanol–water partition coefficient (Wildman–Crippen LogP) is 1.48. The van der Waals surface area contributed by atoms with Crippen LogP contribution in [0.1, 0.15) is 25.0 Å². The van der Waals surface area contributed by atoms with E-state index in [0.29, 0.717) is 11.5 Å². The summed E-state index contributed by atoms with van der Waals surface area (Å²) in [6.07, 6.45) is -1.78. The molecule has 6 heteroatoms. The Balaban J connectivity index is 2.04. The second-order valence-electron chi connectivity index (χ2n) is 6.97. The van der Waals surface area contributed by atoms with Crippen LogP contribution in [-0.2, 0) is 5.41 Å². The average Bonchev–Trinajstić information content (AvgIpc) is 2.70. The van der Waals surface area contributed by atoms with Crippen molar-refractivity contribution in [2.24, 2.45) is 0 Å². The van der Waals surface area contributed by atoms with Gasteiger partial charge in [0.25, 0.3) is 0 Å². The molecule has 0 aliphatic rings. The number of aliphatic hydroxyl groups is 4. The van der Waals surface area contributed by atoms with Crippen molar-refractivity contribution >= 4 is 0 Å². The topological polar surface area (TPSA) is 99.4 Å². The zero-order valence-corrected chi connectivity index (χ0v) is 15.7. The average molecular weight is 376 g/mol. The maximum atomic E-state index is 9.35. The summed E-state index contributed by atoms with van der Waals surface area (Å²) in [6, 6.07) is 15.3. The number of rotatable bonds is 10. The lowest BCUT2D eigenvalue weighted by molar-refractivity contribution is 0.0536. The molecule has 0 heterocycles. The molecule has 0 radical (unpaired) electrons. The summed E-state index contributed by atoms with van der Waals surface area (Å²) in [4.78, 5) is 0. The first-order chi connectivity index (χ1) is 12.9. The Hall–Kier alpha value is -2.12. The second-order valence-corrected chi connectivity index (χ2v) is 6.97. The fourth-order valence-electron chi connectivity index (χ4n) is 2.59. The Kier molecular flexibility index (Phi) is 7.62. The summed E-state index contributed by atoms with van der Waals surface area (Å²) in [5, 5.41) is 36.3. The lowest BCUT2D eigenvalue weighted by atomic mass is 9.78. The fraction of sp³-hybridized carbons (Fsp3) is 0.429. The summed E-state index contributed by atoms with van der Waals surface area (Å²) < 4.78 is 10.9. The molecule has 2 aromatic carbocycles. The van der Waals surface area contributed by atoms with Crippen LogP contribution < -0.4 is 9.47 Å². The summed E-state index contributed by atoms with van der Waals surface area (Å²) in [7, 11) is 0. The molecule has 0 aliphatic carbocycles. The Morgan fingerprint density at radius 2 is 1.04 bits per heavy atom. The largest absolute Gasteiger partial charge is 0.491 e. The molecule has 0 amide bonds. The van der Waals surface area contributed by atoms with Gasteiger partial charge in [0.15, 0.2) is 0 Å². The maximum Gasteiger partial charge on any atom is 0.119 e. The van der Waals surface area contributed by atoms with E-state index in [1.807, 2.05) is 48.5 Å². The Morgan fingerprint density at radius 3 is 1.33 bits per heavy atom. The summed E-state index contributed by atoms with van der Waals surface area (Å²) in [5.41, 5.74) is 1.95. The number of aliphatic hydroxyl groups excluding tert-OH is 4. The molecule has 0 spiro atoms. The molecule has 0 saturated carbocycles. The van der Waals surface area contributed by atoms with Crippen molar-refractivity contribution in [3.05, 3.63) is 59.7 Å². The maximum absolute atomic E-state index is 9.35. The van der Waals surface area contributed by atoms with E-state index in [-0.39, 0.29) is 31.8 Å². The standard InChI is InChI=1S/C21H28O6/c1-21(2,15-3-7-19(8-4-15)26-13-17(24)11-22)16-5-9-20(10-6-16)27-14-18(25)12-23/h3-10,17-18,22-25H,11-14H2,1-2H3/t17-,18+. The van der Waals surface area contributed by atoms with Crippen molar-refractivity contribution < 1.29 is 29.9 Å². The van der Waals surface area contributed by atoms with Crippen molar-refractivity contribution in [2.45, 2.75) is 31.5 Å².